The van der Waals surface area contributed by atoms with Gasteiger partial charge in [0.15, 0.2) is 0 Å². The average molecular weight is 266 g/mol. The third-order valence-corrected chi connectivity index (χ3v) is 3.02. The third-order valence-electron chi connectivity index (χ3n) is 3.02. The number of aromatic nitrogens is 1. The first-order valence-corrected chi connectivity index (χ1v) is 6.15. The van der Waals surface area contributed by atoms with Crippen LogP contribution >= 0.6 is 0 Å². The minimum Gasteiger partial charge on any atom is -0.319 e. The summed E-state index contributed by atoms with van der Waals surface area (Å²) in [6, 6.07) is 15.0. The number of anilines is 1. The zero-order valence-corrected chi connectivity index (χ0v) is 10.5. The summed E-state index contributed by atoms with van der Waals surface area (Å²) in [4.78, 5) is 16.5. The molecule has 0 saturated carbocycles. The second kappa shape index (κ2) is 5.09. The number of pyridine rings is 1. The third kappa shape index (κ3) is 2.23. The molecule has 3 rings (SSSR count). The van der Waals surface area contributed by atoms with Crippen LogP contribution in [0.2, 0.25) is 0 Å². The lowest BCUT2D eigenvalue weighted by Crippen LogP contribution is -2.13. The molecule has 3 aromatic rings. The summed E-state index contributed by atoms with van der Waals surface area (Å²) in [5.74, 6) is -0.812. The van der Waals surface area contributed by atoms with E-state index in [1.807, 2.05) is 24.3 Å². The van der Waals surface area contributed by atoms with E-state index in [2.05, 4.69) is 10.3 Å². The van der Waals surface area contributed by atoms with Gasteiger partial charge in [-0.3, -0.25) is 9.78 Å². The summed E-state index contributed by atoms with van der Waals surface area (Å²) in [6.45, 7) is 0. The lowest BCUT2D eigenvalue weighted by molar-refractivity contribution is 0.102. The number of nitrogens with zero attached hydrogens (tertiary/aromatic N) is 1. The van der Waals surface area contributed by atoms with Crippen LogP contribution in [-0.2, 0) is 0 Å². The number of amides is 1. The maximum absolute atomic E-state index is 13.6. The summed E-state index contributed by atoms with van der Waals surface area (Å²) in [6.07, 6.45) is 1.57. The molecule has 0 aliphatic carbocycles. The molecule has 98 valence electrons. The van der Waals surface area contributed by atoms with Crippen molar-refractivity contribution in [3.8, 4) is 0 Å². The first-order chi connectivity index (χ1) is 9.75. The molecule has 4 heteroatoms. The van der Waals surface area contributed by atoms with Gasteiger partial charge in [0, 0.05) is 11.6 Å². The quantitative estimate of drug-likeness (QED) is 0.769. The summed E-state index contributed by atoms with van der Waals surface area (Å²) >= 11 is 0. The Labute approximate surface area is 115 Å². The molecule has 0 aliphatic rings. The summed E-state index contributed by atoms with van der Waals surface area (Å²) in [7, 11) is 0. The van der Waals surface area contributed by atoms with Gasteiger partial charge in [-0.25, -0.2) is 4.39 Å². The van der Waals surface area contributed by atoms with Crippen molar-refractivity contribution in [2.75, 3.05) is 5.32 Å². The number of carbonyl (C=O) groups is 1. The zero-order valence-electron chi connectivity index (χ0n) is 10.5. The molecule has 0 bridgehead atoms. The van der Waals surface area contributed by atoms with Crippen molar-refractivity contribution >= 4 is 22.5 Å². The Morgan fingerprint density at radius 2 is 1.75 bits per heavy atom. The van der Waals surface area contributed by atoms with E-state index in [9.17, 15) is 9.18 Å². The predicted molar refractivity (Wildman–Crippen MR) is 76.1 cm³/mol. The second-order valence-corrected chi connectivity index (χ2v) is 4.31. The van der Waals surface area contributed by atoms with Crippen LogP contribution < -0.4 is 5.32 Å². The fourth-order valence-corrected chi connectivity index (χ4v) is 2.05. The number of hydrogen-bond donors (Lipinski definition) is 1. The zero-order chi connectivity index (χ0) is 13.9. The molecular formula is C16H11FN2O. The van der Waals surface area contributed by atoms with Crippen LogP contribution in [0.3, 0.4) is 0 Å². The van der Waals surface area contributed by atoms with Gasteiger partial charge in [-0.05, 0) is 24.3 Å². The van der Waals surface area contributed by atoms with Crippen molar-refractivity contribution in [3.63, 3.8) is 0 Å². The van der Waals surface area contributed by atoms with Crippen molar-refractivity contribution in [1.82, 2.24) is 4.98 Å². The van der Waals surface area contributed by atoms with E-state index in [1.54, 1.807) is 24.4 Å². The largest absolute Gasteiger partial charge is 0.319 e. The molecule has 1 N–H and O–H groups in total. The summed E-state index contributed by atoms with van der Waals surface area (Å²) < 4.78 is 13.6. The minimum atomic E-state index is -0.459. The Balaban J connectivity index is 1.99. The van der Waals surface area contributed by atoms with Crippen LogP contribution in [0.15, 0.2) is 60.8 Å². The molecule has 20 heavy (non-hydrogen) atoms. The molecule has 0 aliphatic heterocycles. The first kappa shape index (κ1) is 12.3. The van der Waals surface area contributed by atoms with Gasteiger partial charge in [-0.1, -0.05) is 30.3 Å². The van der Waals surface area contributed by atoms with Crippen molar-refractivity contribution in [1.29, 1.82) is 0 Å². The molecule has 1 amide bonds. The topological polar surface area (TPSA) is 42.0 Å². The van der Waals surface area contributed by atoms with E-state index < -0.39 is 5.82 Å². The Hall–Kier alpha value is -2.75. The smallest absolute Gasteiger partial charge is 0.256 e. The van der Waals surface area contributed by atoms with E-state index in [1.165, 1.54) is 12.1 Å². The number of para-hydroxylation sites is 2. The molecule has 0 spiro atoms. The number of fused-ring (bicyclic) bond motifs is 1. The van der Waals surface area contributed by atoms with Crippen molar-refractivity contribution in [2.45, 2.75) is 0 Å². The Kier molecular flexibility index (Phi) is 3.13. The fraction of sp³-hybridized carbons (Fsp3) is 0. The van der Waals surface area contributed by atoms with Crippen LogP contribution in [0, 0.1) is 5.82 Å². The Morgan fingerprint density at radius 1 is 1.00 bits per heavy atom. The van der Waals surface area contributed by atoms with Gasteiger partial charge in [0.05, 0.1) is 16.8 Å². The van der Waals surface area contributed by atoms with Crippen LogP contribution in [0.5, 0.6) is 0 Å². The Bertz CT molecular complexity index is 781. The molecule has 1 heterocycles. The normalized spacial score (nSPS) is 10.4. The SMILES string of the molecule is O=C(Nc1ccccc1F)c1ccnc2ccccc12. The van der Waals surface area contributed by atoms with Gasteiger partial charge in [0.2, 0.25) is 0 Å². The van der Waals surface area contributed by atoms with E-state index in [4.69, 9.17) is 0 Å². The van der Waals surface area contributed by atoms with Gasteiger partial charge < -0.3 is 5.32 Å². The van der Waals surface area contributed by atoms with Gasteiger partial charge in [-0.2, -0.15) is 0 Å². The molecule has 1 aromatic heterocycles. The second-order valence-electron chi connectivity index (χ2n) is 4.31. The van der Waals surface area contributed by atoms with Crippen molar-refractivity contribution in [3.05, 3.63) is 72.2 Å². The maximum atomic E-state index is 13.6. The van der Waals surface area contributed by atoms with Gasteiger partial charge in [-0.15, -0.1) is 0 Å². The highest BCUT2D eigenvalue weighted by molar-refractivity contribution is 6.12. The van der Waals surface area contributed by atoms with Crippen LogP contribution in [0.4, 0.5) is 10.1 Å². The van der Waals surface area contributed by atoms with Crippen molar-refractivity contribution in [2.24, 2.45) is 0 Å². The molecule has 0 saturated heterocycles. The van der Waals surface area contributed by atoms with E-state index in [0.717, 1.165) is 10.9 Å². The summed E-state index contributed by atoms with van der Waals surface area (Å²) in [5, 5.41) is 3.32. The molecule has 3 nitrogen and oxygen atoms in total. The number of rotatable bonds is 2. The molecular weight excluding hydrogens is 255 g/mol. The number of carbonyl (C=O) groups excluding carboxylic acids is 1. The van der Waals surface area contributed by atoms with Crippen LogP contribution in [-0.4, -0.2) is 10.9 Å². The van der Waals surface area contributed by atoms with Gasteiger partial charge in [0.1, 0.15) is 5.82 Å². The number of hydrogen-bond acceptors (Lipinski definition) is 2. The van der Waals surface area contributed by atoms with Gasteiger partial charge in [0.25, 0.3) is 5.91 Å². The fourth-order valence-electron chi connectivity index (χ4n) is 2.05. The summed E-state index contributed by atoms with van der Waals surface area (Å²) in [5.41, 5.74) is 1.37. The highest BCUT2D eigenvalue weighted by Gasteiger charge is 2.12. The lowest BCUT2D eigenvalue weighted by Gasteiger charge is -2.08. The molecule has 0 unspecified atom stereocenters. The van der Waals surface area contributed by atoms with Crippen LogP contribution in [0.25, 0.3) is 10.9 Å². The average Bonchev–Trinajstić information content (AvgIpc) is 2.49. The first-order valence-electron chi connectivity index (χ1n) is 6.15. The van der Waals surface area contributed by atoms with Crippen LogP contribution in [0.1, 0.15) is 10.4 Å². The van der Waals surface area contributed by atoms with E-state index in [0.29, 0.717) is 5.56 Å². The number of halogens is 1. The lowest BCUT2D eigenvalue weighted by atomic mass is 10.1. The van der Waals surface area contributed by atoms with E-state index >= 15 is 0 Å². The van der Waals surface area contributed by atoms with E-state index in [-0.39, 0.29) is 11.6 Å². The minimum absolute atomic E-state index is 0.165. The van der Waals surface area contributed by atoms with Gasteiger partial charge >= 0.3 is 0 Å². The molecule has 0 atom stereocenters. The number of benzene rings is 2. The molecule has 0 radical (unpaired) electrons. The Morgan fingerprint density at radius 3 is 2.60 bits per heavy atom. The number of nitrogens with one attached hydrogen (secondary N) is 1. The molecule has 2 aromatic carbocycles. The molecule has 0 fully saturated rings. The monoisotopic (exact) mass is 266 g/mol. The highest BCUT2D eigenvalue weighted by Crippen LogP contribution is 2.19. The highest BCUT2D eigenvalue weighted by atomic mass is 19.1. The predicted octanol–water partition coefficient (Wildman–Crippen LogP) is 3.63. The standard InChI is InChI=1S/C16H11FN2O/c17-13-6-2-4-8-15(13)19-16(20)12-9-10-18-14-7-3-1-5-11(12)14/h1-10H,(H,19,20). The maximum Gasteiger partial charge on any atom is 0.256 e. The van der Waals surface area contributed by atoms with Crippen molar-refractivity contribution < 1.29 is 9.18 Å².